The van der Waals surface area contributed by atoms with Crippen LogP contribution in [0.4, 0.5) is 4.39 Å². The predicted molar refractivity (Wildman–Crippen MR) is 110 cm³/mol. The molecule has 30 heavy (non-hydrogen) atoms. The first-order valence-electron chi connectivity index (χ1n) is 9.41. The summed E-state index contributed by atoms with van der Waals surface area (Å²) in [4.78, 5) is 24.6. The lowest BCUT2D eigenvalue weighted by atomic mass is 9.90. The van der Waals surface area contributed by atoms with Gasteiger partial charge in [0, 0.05) is 11.1 Å². The fraction of sp³-hybridized carbons (Fsp3) is 0.0400. The van der Waals surface area contributed by atoms with Crippen LogP contribution in [0.3, 0.4) is 0 Å². The van der Waals surface area contributed by atoms with Crippen molar-refractivity contribution in [2.45, 2.75) is 6.61 Å². The van der Waals surface area contributed by atoms with Crippen LogP contribution in [0.5, 0.6) is 5.75 Å². The largest absolute Gasteiger partial charge is 0.489 e. The lowest BCUT2D eigenvalue weighted by molar-refractivity contribution is 0.0444. The summed E-state index contributed by atoms with van der Waals surface area (Å²) in [6, 6.07) is 22.8. The highest BCUT2D eigenvalue weighted by Gasteiger charge is 2.34. The highest BCUT2D eigenvalue weighted by Crippen LogP contribution is 2.40. The van der Waals surface area contributed by atoms with E-state index in [-0.39, 0.29) is 16.7 Å². The normalized spacial score (nSPS) is 12.7. The molecule has 1 heterocycles. The van der Waals surface area contributed by atoms with Crippen molar-refractivity contribution in [2.24, 2.45) is 0 Å². The Labute approximate surface area is 171 Å². The lowest BCUT2D eigenvalue weighted by Gasteiger charge is -2.13. The Balaban J connectivity index is 1.66. The Morgan fingerprint density at radius 2 is 1.53 bits per heavy atom. The molecule has 0 N–H and O–H groups in total. The molecule has 0 unspecified atom stereocenters. The third-order valence-electron chi connectivity index (χ3n) is 5.11. The molecular weight excluding hydrogens is 383 g/mol. The first-order chi connectivity index (χ1) is 14.6. The van der Waals surface area contributed by atoms with E-state index in [4.69, 9.17) is 9.47 Å². The molecule has 0 aliphatic carbocycles. The quantitative estimate of drug-likeness (QED) is 0.335. The maximum atomic E-state index is 14.6. The molecule has 0 bridgehead atoms. The highest BCUT2D eigenvalue weighted by molar-refractivity contribution is 6.22. The second-order valence-electron chi connectivity index (χ2n) is 6.99. The molecule has 0 spiro atoms. The zero-order valence-electron chi connectivity index (χ0n) is 15.7. The number of carbonyl (C=O) groups excluding carboxylic acids is 2. The number of esters is 2. The van der Waals surface area contributed by atoms with E-state index in [0.717, 1.165) is 5.56 Å². The van der Waals surface area contributed by atoms with Crippen molar-refractivity contribution in [3.8, 4) is 16.9 Å². The standard InChI is InChI=1S/C25H15FO4/c26-21-9-5-4-8-19(21)22-18-11-10-17(29-14-15-6-2-1-3-7-15)12-16(18)13-20-23(22)25(28)30-24(20)27/h1-13H,14H2. The molecule has 4 aromatic rings. The first kappa shape index (κ1) is 18.1. The Bertz CT molecular complexity index is 1310. The van der Waals surface area contributed by atoms with Gasteiger partial charge in [-0.1, -0.05) is 54.6 Å². The highest BCUT2D eigenvalue weighted by atomic mass is 19.1. The second-order valence-corrected chi connectivity index (χ2v) is 6.99. The number of halogens is 1. The molecule has 4 nitrogen and oxygen atoms in total. The average molecular weight is 398 g/mol. The number of hydrogen-bond donors (Lipinski definition) is 0. The van der Waals surface area contributed by atoms with Crippen molar-refractivity contribution in [3.63, 3.8) is 0 Å². The third-order valence-corrected chi connectivity index (χ3v) is 5.11. The van der Waals surface area contributed by atoms with Gasteiger partial charge in [-0.15, -0.1) is 0 Å². The van der Waals surface area contributed by atoms with Gasteiger partial charge in [0.2, 0.25) is 0 Å². The molecular formula is C25H15FO4. The van der Waals surface area contributed by atoms with Crippen molar-refractivity contribution in [1.29, 1.82) is 0 Å². The van der Waals surface area contributed by atoms with Crippen LogP contribution in [0.2, 0.25) is 0 Å². The smallest absolute Gasteiger partial charge is 0.347 e. The van der Waals surface area contributed by atoms with Gasteiger partial charge in [-0.25, -0.2) is 14.0 Å². The van der Waals surface area contributed by atoms with Crippen LogP contribution in [0.15, 0.2) is 78.9 Å². The number of cyclic esters (lactones) is 2. The monoisotopic (exact) mass is 398 g/mol. The van der Waals surface area contributed by atoms with Crippen LogP contribution in [0.1, 0.15) is 26.3 Å². The van der Waals surface area contributed by atoms with Crippen molar-refractivity contribution < 1.29 is 23.5 Å². The molecule has 0 radical (unpaired) electrons. The molecule has 1 aliphatic rings. The number of carbonyl (C=O) groups is 2. The molecule has 0 saturated heterocycles. The summed E-state index contributed by atoms with van der Waals surface area (Å²) in [5.74, 6) is -1.38. The zero-order chi connectivity index (χ0) is 20.7. The predicted octanol–water partition coefficient (Wildman–Crippen LogP) is 5.54. The summed E-state index contributed by atoms with van der Waals surface area (Å²) in [5, 5.41) is 1.29. The SMILES string of the molecule is O=C1OC(=O)c2c1cc1cc(OCc3ccccc3)ccc1c2-c1ccccc1F. The molecule has 146 valence electrons. The summed E-state index contributed by atoms with van der Waals surface area (Å²) < 4.78 is 25.3. The Morgan fingerprint density at radius 1 is 0.767 bits per heavy atom. The minimum Gasteiger partial charge on any atom is -0.489 e. The molecule has 0 aromatic heterocycles. The third kappa shape index (κ3) is 3.01. The Hall–Kier alpha value is -3.99. The number of hydrogen-bond acceptors (Lipinski definition) is 4. The van der Waals surface area contributed by atoms with E-state index in [0.29, 0.717) is 28.7 Å². The fourth-order valence-electron chi connectivity index (χ4n) is 3.72. The van der Waals surface area contributed by atoms with Crippen molar-refractivity contribution in [3.05, 3.63) is 101 Å². The van der Waals surface area contributed by atoms with Gasteiger partial charge in [-0.2, -0.15) is 0 Å². The van der Waals surface area contributed by atoms with Crippen LogP contribution < -0.4 is 4.74 Å². The topological polar surface area (TPSA) is 52.6 Å². The number of benzene rings is 4. The summed E-state index contributed by atoms with van der Waals surface area (Å²) in [6.07, 6.45) is 0. The molecule has 0 saturated carbocycles. The van der Waals surface area contributed by atoms with Gasteiger partial charge in [-0.05, 0) is 40.6 Å². The summed E-state index contributed by atoms with van der Waals surface area (Å²) in [6.45, 7) is 0.387. The second kappa shape index (κ2) is 7.12. The van der Waals surface area contributed by atoms with Crippen molar-refractivity contribution in [1.82, 2.24) is 0 Å². The van der Waals surface area contributed by atoms with E-state index >= 15 is 0 Å². The molecule has 4 aromatic carbocycles. The van der Waals surface area contributed by atoms with Gasteiger partial charge in [-0.3, -0.25) is 0 Å². The van der Waals surface area contributed by atoms with E-state index in [2.05, 4.69) is 0 Å². The van der Waals surface area contributed by atoms with Crippen LogP contribution in [0.25, 0.3) is 21.9 Å². The summed E-state index contributed by atoms with van der Waals surface area (Å²) >= 11 is 0. The van der Waals surface area contributed by atoms with Crippen LogP contribution >= 0.6 is 0 Å². The minimum atomic E-state index is -0.764. The number of rotatable bonds is 4. The van der Waals surface area contributed by atoms with Crippen LogP contribution in [-0.4, -0.2) is 11.9 Å². The van der Waals surface area contributed by atoms with Gasteiger partial charge < -0.3 is 9.47 Å². The van der Waals surface area contributed by atoms with Gasteiger partial charge in [0.25, 0.3) is 0 Å². The van der Waals surface area contributed by atoms with E-state index in [1.807, 2.05) is 30.3 Å². The summed E-state index contributed by atoms with van der Waals surface area (Å²) in [5.41, 5.74) is 1.84. The van der Waals surface area contributed by atoms with E-state index in [9.17, 15) is 14.0 Å². The number of fused-ring (bicyclic) bond motifs is 2. The van der Waals surface area contributed by atoms with E-state index in [1.54, 1.807) is 42.5 Å². The van der Waals surface area contributed by atoms with Gasteiger partial charge >= 0.3 is 11.9 Å². The van der Waals surface area contributed by atoms with Crippen LogP contribution in [-0.2, 0) is 11.3 Å². The number of ether oxygens (including phenoxy) is 2. The molecule has 0 fully saturated rings. The molecule has 0 amide bonds. The first-order valence-corrected chi connectivity index (χ1v) is 9.41. The maximum absolute atomic E-state index is 14.6. The Kier molecular flexibility index (Phi) is 4.29. The molecule has 5 rings (SSSR count). The van der Waals surface area contributed by atoms with Crippen LogP contribution in [0, 0.1) is 5.82 Å². The average Bonchev–Trinajstić information content (AvgIpc) is 3.05. The molecule has 0 atom stereocenters. The van der Waals surface area contributed by atoms with E-state index in [1.165, 1.54) is 6.07 Å². The minimum absolute atomic E-state index is 0.0931. The summed E-state index contributed by atoms with van der Waals surface area (Å²) in [7, 11) is 0. The molecule has 1 aliphatic heterocycles. The van der Waals surface area contributed by atoms with Crippen molar-refractivity contribution in [2.75, 3.05) is 0 Å². The van der Waals surface area contributed by atoms with Gasteiger partial charge in [0.15, 0.2) is 0 Å². The Morgan fingerprint density at radius 3 is 2.33 bits per heavy atom. The van der Waals surface area contributed by atoms with Gasteiger partial charge in [0.05, 0.1) is 11.1 Å². The fourth-order valence-corrected chi connectivity index (χ4v) is 3.72. The van der Waals surface area contributed by atoms with Crippen molar-refractivity contribution >= 4 is 22.7 Å². The zero-order valence-corrected chi connectivity index (χ0v) is 15.7. The van der Waals surface area contributed by atoms with E-state index < -0.39 is 17.8 Å². The molecule has 5 heteroatoms. The van der Waals surface area contributed by atoms with Gasteiger partial charge in [0.1, 0.15) is 18.2 Å². The maximum Gasteiger partial charge on any atom is 0.347 e. The lowest BCUT2D eigenvalue weighted by Crippen LogP contribution is -2.00.